The molecule has 4 rings (SSSR count). The number of hydrogen-bond acceptors (Lipinski definition) is 6. The van der Waals surface area contributed by atoms with E-state index in [2.05, 4.69) is 4.98 Å². The molecule has 1 aliphatic rings. The molecular formula is C17H15N5O4S. The molecule has 10 heteroatoms. The fraction of sp³-hybridized carbons (Fsp3) is 0.235. The fourth-order valence-corrected chi connectivity index (χ4v) is 3.87. The summed E-state index contributed by atoms with van der Waals surface area (Å²) in [5.41, 5.74) is 0.0514. The Morgan fingerprint density at radius 3 is 2.41 bits per heavy atom. The van der Waals surface area contributed by atoms with E-state index in [9.17, 15) is 19.6 Å². The maximum atomic E-state index is 12.7. The number of carbonyl (C=O) groups is 2. The summed E-state index contributed by atoms with van der Waals surface area (Å²) in [6.07, 6.45) is 4.12. The van der Waals surface area contributed by atoms with E-state index in [0.29, 0.717) is 46.7 Å². The minimum absolute atomic E-state index is 0.189. The first-order valence-corrected chi connectivity index (χ1v) is 9.06. The molecule has 3 aromatic heterocycles. The van der Waals surface area contributed by atoms with Gasteiger partial charge in [-0.15, -0.1) is 0 Å². The zero-order valence-electron chi connectivity index (χ0n) is 14.1. The van der Waals surface area contributed by atoms with Crippen LogP contribution in [0.3, 0.4) is 0 Å². The third-order valence-corrected chi connectivity index (χ3v) is 5.43. The van der Waals surface area contributed by atoms with E-state index in [4.69, 9.17) is 0 Å². The Labute approximate surface area is 157 Å². The lowest BCUT2D eigenvalue weighted by atomic mass is 10.2. The third kappa shape index (κ3) is 3.14. The van der Waals surface area contributed by atoms with Crippen molar-refractivity contribution in [3.63, 3.8) is 0 Å². The molecule has 2 amide bonds. The highest BCUT2D eigenvalue weighted by Crippen LogP contribution is 2.15. The van der Waals surface area contributed by atoms with Crippen LogP contribution in [0.1, 0.15) is 10.4 Å². The van der Waals surface area contributed by atoms with E-state index in [1.54, 1.807) is 28.1 Å². The summed E-state index contributed by atoms with van der Waals surface area (Å²) in [5, 5.41) is 11.5. The smallest absolute Gasteiger partial charge is 0.340 e. The van der Waals surface area contributed by atoms with Gasteiger partial charge in [0.2, 0.25) is 0 Å². The molecule has 1 fully saturated rings. The van der Waals surface area contributed by atoms with Crippen LogP contribution in [-0.2, 0) is 0 Å². The number of nitrogens with zero attached hydrogens (tertiary/aromatic N) is 5. The van der Waals surface area contributed by atoms with Crippen molar-refractivity contribution >= 4 is 33.7 Å². The Kier molecular flexibility index (Phi) is 4.32. The third-order valence-electron chi connectivity index (χ3n) is 4.42. The summed E-state index contributed by atoms with van der Waals surface area (Å²) in [7, 11) is 0. The van der Waals surface area contributed by atoms with Gasteiger partial charge < -0.3 is 15.0 Å². The molecule has 138 valence electrons. The molecule has 3 aromatic rings. The number of aromatic nitrogens is 3. The van der Waals surface area contributed by atoms with Crippen molar-refractivity contribution in [1.82, 2.24) is 18.7 Å². The van der Waals surface area contributed by atoms with Crippen LogP contribution in [0.2, 0.25) is 0 Å². The van der Waals surface area contributed by atoms with Gasteiger partial charge in [-0.05, 0) is 23.7 Å². The van der Waals surface area contributed by atoms with Crippen LogP contribution in [0.15, 0.2) is 47.7 Å². The van der Waals surface area contributed by atoms with Gasteiger partial charge in [0.25, 0.3) is 11.5 Å². The standard InChI is InChI=1S/C17H15N5O4S/c23-15(12-3-6-21(26)7-4-12)19-8-10-20(11-9-19)17(25)22-16(24)13-2-1-5-18-14(13)27-22/h1-7H,8-11H2. The number of piperazine rings is 1. The Hall–Kier alpha value is -3.27. The molecule has 0 aromatic carbocycles. The molecule has 0 bridgehead atoms. The van der Waals surface area contributed by atoms with E-state index < -0.39 is 6.03 Å². The molecular weight excluding hydrogens is 370 g/mol. The van der Waals surface area contributed by atoms with Crippen molar-refractivity contribution in [1.29, 1.82) is 0 Å². The van der Waals surface area contributed by atoms with Crippen LogP contribution < -0.4 is 10.3 Å². The minimum atomic E-state index is -0.401. The summed E-state index contributed by atoms with van der Waals surface area (Å²) in [4.78, 5) is 45.4. The summed E-state index contributed by atoms with van der Waals surface area (Å²) in [6.45, 7) is 1.36. The van der Waals surface area contributed by atoms with Crippen LogP contribution in [-0.4, -0.2) is 56.9 Å². The topological polar surface area (TPSA) is 102 Å². The number of fused-ring (bicyclic) bond motifs is 1. The van der Waals surface area contributed by atoms with Crippen LogP contribution in [0.5, 0.6) is 0 Å². The normalized spacial score (nSPS) is 14.5. The van der Waals surface area contributed by atoms with Gasteiger partial charge in [0.05, 0.1) is 10.9 Å². The van der Waals surface area contributed by atoms with Crippen molar-refractivity contribution in [2.45, 2.75) is 0 Å². The Balaban J connectivity index is 1.46. The average molecular weight is 385 g/mol. The van der Waals surface area contributed by atoms with Crippen molar-refractivity contribution in [2.75, 3.05) is 26.2 Å². The molecule has 0 atom stereocenters. The van der Waals surface area contributed by atoms with Crippen LogP contribution in [0.25, 0.3) is 10.2 Å². The van der Waals surface area contributed by atoms with Crippen molar-refractivity contribution in [3.05, 3.63) is 64.0 Å². The monoisotopic (exact) mass is 385 g/mol. The Morgan fingerprint density at radius 1 is 1.07 bits per heavy atom. The fourth-order valence-electron chi connectivity index (χ4n) is 2.96. The van der Waals surface area contributed by atoms with E-state index >= 15 is 0 Å². The SMILES string of the molecule is O=C(c1cc[n+]([O-])cc1)N1CCN(C(=O)n2sc3ncccc3c2=O)CC1. The summed E-state index contributed by atoms with van der Waals surface area (Å²) >= 11 is 1.02. The summed E-state index contributed by atoms with van der Waals surface area (Å²) < 4.78 is 1.73. The second-order valence-electron chi connectivity index (χ2n) is 6.06. The van der Waals surface area contributed by atoms with Gasteiger partial charge in [-0.25, -0.2) is 9.78 Å². The maximum absolute atomic E-state index is 12.7. The van der Waals surface area contributed by atoms with E-state index in [0.717, 1.165) is 15.5 Å². The molecule has 9 nitrogen and oxygen atoms in total. The minimum Gasteiger partial charge on any atom is -0.619 e. The molecule has 27 heavy (non-hydrogen) atoms. The zero-order chi connectivity index (χ0) is 19.0. The predicted molar refractivity (Wildman–Crippen MR) is 97.6 cm³/mol. The lowest BCUT2D eigenvalue weighted by Crippen LogP contribution is -2.52. The van der Waals surface area contributed by atoms with E-state index in [1.807, 2.05) is 0 Å². The van der Waals surface area contributed by atoms with Gasteiger partial charge in [0.1, 0.15) is 4.83 Å². The number of hydrogen-bond donors (Lipinski definition) is 0. The number of amides is 2. The number of carbonyl (C=O) groups excluding carboxylic acids is 2. The van der Waals surface area contributed by atoms with E-state index in [-0.39, 0.29) is 11.5 Å². The first-order chi connectivity index (χ1) is 13.0. The molecule has 0 spiro atoms. The maximum Gasteiger partial charge on any atom is 0.340 e. The van der Waals surface area contributed by atoms with Gasteiger partial charge in [0, 0.05) is 44.5 Å². The quantitative estimate of drug-likeness (QED) is 0.449. The largest absolute Gasteiger partial charge is 0.619 e. The molecule has 0 radical (unpaired) electrons. The highest BCUT2D eigenvalue weighted by molar-refractivity contribution is 7.14. The second-order valence-corrected chi connectivity index (χ2v) is 6.99. The highest BCUT2D eigenvalue weighted by Gasteiger charge is 2.27. The molecule has 1 aliphatic heterocycles. The molecule has 4 heterocycles. The van der Waals surface area contributed by atoms with Crippen molar-refractivity contribution in [3.8, 4) is 0 Å². The van der Waals surface area contributed by atoms with E-state index in [1.165, 1.54) is 24.5 Å². The van der Waals surface area contributed by atoms with Gasteiger partial charge in [-0.3, -0.25) is 9.59 Å². The van der Waals surface area contributed by atoms with Crippen molar-refractivity contribution < 1.29 is 14.3 Å². The Bertz CT molecular complexity index is 1070. The first-order valence-electron chi connectivity index (χ1n) is 8.29. The van der Waals surface area contributed by atoms with Crippen molar-refractivity contribution in [2.24, 2.45) is 0 Å². The van der Waals surface area contributed by atoms with Gasteiger partial charge in [0.15, 0.2) is 12.4 Å². The predicted octanol–water partition coefficient (Wildman–Crippen LogP) is 0.518. The second kappa shape index (κ2) is 6.80. The summed E-state index contributed by atoms with van der Waals surface area (Å²) in [5.74, 6) is -0.189. The molecule has 0 unspecified atom stereocenters. The average Bonchev–Trinajstić information content (AvgIpc) is 3.04. The highest BCUT2D eigenvalue weighted by atomic mass is 32.1. The molecule has 0 aliphatic carbocycles. The van der Waals surface area contributed by atoms with Crippen LogP contribution in [0, 0.1) is 5.21 Å². The first kappa shape index (κ1) is 17.2. The van der Waals surface area contributed by atoms with Gasteiger partial charge in [-0.2, -0.15) is 8.69 Å². The summed E-state index contributed by atoms with van der Waals surface area (Å²) in [6, 6.07) is 5.84. The number of pyridine rings is 2. The lowest BCUT2D eigenvalue weighted by molar-refractivity contribution is -0.605. The van der Waals surface area contributed by atoms with Crippen LogP contribution >= 0.6 is 11.5 Å². The molecule has 1 saturated heterocycles. The lowest BCUT2D eigenvalue weighted by Gasteiger charge is -2.34. The van der Waals surface area contributed by atoms with Gasteiger partial charge in [-0.1, -0.05) is 0 Å². The number of rotatable bonds is 1. The van der Waals surface area contributed by atoms with Gasteiger partial charge >= 0.3 is 6.03 Å². The van der Waals surface area contributed by atoms with Crippen LogP contribution in [0.4, 0.5) is 4.79 Å². The molecule has 0 N–H and O–H groups in total. The molecule has 0 saturated carbocycles. The zero-order valence-corrected chi connectivity index (χ0v) is 15.0. The Morgan fingerprint density at radius 2 is 1.74 bits per heavy atom.